The summed E-state index contributed by atoms with van der Waals surface area (Å²) in [5.41, 5.74) is 0. The molecule has 0 amide bonds. The first kappa shape index (κ1) is 27.2. The van der Waals surface area contributed by atoms with E-state index >= 15 is 0 Å². The van der Waals surface area contributed by atoms with E-state index in [2.05, 4.69) is 42.3 Å². The van der Waals surface area contributed by atoms with Crippen molar-refractivity contribution in [2.75, 3.05) is 0 Å². The quantitative estimate of drug-likeness (QED) is 0.131. The van der Waals surface area contributed by atoms with Crippen LogP contribution < -0.4 is 4.57 Å². The Morgan fingerprint density at radius 3 is 1.43 bits per heavy atom. The molecule has 2 heteroatoms. The zero-order valence-electron chi connectivity index (χ0n) is 21.1. The van der Waals surface area contributed by atoms with Gasteiger partial charge in [-0.15, -0.1) is 0 Å². The van der Waals surface area contributed by atoms with Crippen molar-refractivity contribution in [2.45, 2.75) is 162 Å². The van der Waals surface area contributed by atoms with Gasteiger partial charge >= 0.3 is 0 Å². The highest BCUT2D eigenvalue weighted by Gasteiger charge is 2.11. The van der Waals surface area contributed by atoms with E-state index in [0.717, 1.165) is 0 Å². The molecule has 0 saturated carbocycles. The molecule has 1 heterocycles. The van der Waals surface area contributed by atoms with E-state index in [-0.39, 0.29) is 0 Å². The first-order chi connectivity index (χ1) is 14.8. The Labute approximate surface area is 189 Å². The van der Waals surface area contributed by atoms with Crippen LogP contribution in [0.2, 0.25) is 0 Å². The Balaban J connectivity index is 1.87. The van der Waals surface area contributed by atoms with E-state index < -0.39 is 0 Å². The van der Waals surface area contributed by atoms with E-state index in [4.69, 9.17) is 0 Å². The maximum absolute atomic E-state index is 2.46. The van der Waals surface area contributed by atoms with E-state index in [1.165, 1.54) is 147 Å². The molecule has 0 N–H and O–H groups in total. The van der Waals surface area contributed by atoms with Gasteiger partial charge in [0.15, 0.2) is 0 Å². The summed E-state index contributed by atoms with van der Waals surface area (Å²) >= 11 is 0. The van der Waals surface area contributed by atoms with Gasteiger partial charge in [0.2, 0.25) is 0 Å². The molecule has 0 atom stereocenters. The Morgan fingerprint density at radius 2 is 0.967 bits per heavy atom. The zero-order valence-corrected chi connectivity index (χ0v) is 21.1. The number of hydrogen-bond acceptors (Lipinski definition) is 0. The fourth-order valence-corrected chi connectivity index (χ4v) is 4.55. The highest BCUT2D eigenvalue weighted by atomic mass is 15.1. The van der Waals surface area contributed by atoms with Gasteiger partial charge in [-0.05, 0) is 25.7 Å². The van der Waals surface area contributed by atoms with Crippen LogP contribution in [0.3, 0.4) is 0 Å². The molecule has 30 heavy (non-hydrogen) atoms. The molecule has 0 saturated heterocycles. The monoisotopic (exact) mass is 419 g/mol. The Bertz CT molecular complexity index is 477. The molecule has 0 bridgehead atoms. The van der Waals surface area contributed by atoms with E-state index in [9.17, 15) is 0 Å². The highest BCUT2D eigenvalue weighted by molar-refractivity contribution is 4.79. The molecule has 1 aromatic rings. The second-order valence-electron chi connectivity index (χ2n) is 9.60. The van der Waals surface area contributed by atoms with Gasteiger partial charge in [0.1, 0.15) is 12.4 Å². The van der Waals surface area contributed by atoms with Crippen LogP contribution in [0.15, 0.2) is 12.4 Å². The molecule has 0 radical (unpaired) electrons. The first-order valence-corrected chi connectivity index (χ1v) is 13.8. The van der Waals surface area contributed by atoms with Crippen molar-refractivity contribution >= 4 is 0 Å². The van der Waals surface area contributed by atoms with Gasteiger partial charge in [-0.2, -0.15) is 0 Å². The summed E-state index contributed by atoms with van der Waals surface area (Å²) in [6, 6.07) is 0. The summed E-state index contributed by atoms with van der Waals surface area (Å²) < 4.78 is 4.91. The minimum absolute atomic E-state index is 1.19. The molecule has 0 aliphatic carbocycles. The van der Waals surface area contributed by atoms with Crippen LogP contribution in [0.5, 0.6) is 0 Å². The van der Waals surface area contributed by atoms with Crippen molar-refractivity contribution in [3.63, 3.8) is 0 Å². The zero-order chi connectivity index (χ0) is 21.7. The van der Waals surface area contributed by atoms with Crippen molar-refractivity contribution in [3.8, 4) is 0 Å². The number of aryl methyl sites for hydroxylation is 2. The molecule has 0 unspecified atom stereocenters. The summed E-state index contributed by atoms with van der Waals surface area (Å²) in [7, 11) is 0. The lowest BCUT2D eigenvalue weighted by atomic mass is 10.0. The molecule has 0 fully saturated rings. The van der Waals surface area contributed by atoms with Gasteiger partial charge in [-0.3, -0.25) is 0 Å². The topological polar surface area (TPSA) is 8.81 Å². The molecule has 176 valence electrons. The fourth-order valence-electron chi connectivity index (χ4n) is 4.55. The first-order valence-electron chi connectivity index (χ1n) is 13.8. The maximum Gasteiger partial charge on any atom is 0.253 e. The summed E-state index contributed by atoms with van der Waals surface area (Å²) in [6.45, 7) is 9.26. The number of aromatic nitrogens is 2. The van der Waals surface area contributed by atoms with Crippen molar-refractivity contribution < 1.29 is 4.57 Å². The predicted octanol–water partition coefficient (Wildman–Crippen LogP) is 8.93. The van der Waals surface area contributed by atoms with Crippen molar-refractivity contribution in [2.24, 2.45) is 0 Å². The molecule has 2 nitrogen and oxygen atoms in total. The number of imidazole rings is 1. The summed E-state index contributed by atoms with van der Waals surface area (Å²) in [5.74, 6) is 1.44. The van der Waals surface area contributed by atoms with Gasteiger partial charge in [-0.1, -0.05) is 117 Å². The minimum atomic E-state index is 1.19. The third-order valence-corrected chi connectivity index (χ3v) is 6.76. The van der Waals surface area contributed by atoms with Crippen LogP contribution in [0, 0.1) is 6.92 Å². The lowest BCUT2D eigenvalue weighted by molar-refractivity contribution is -0.702. The molecule has 0 spiro atoms. The molecule has 0 aromatic carbocycles. The maximum atomic E-state index is 2.46. The molecule has 1 aromatic heterocycles. The van der Waals surface area contributed by atoms with E-state index in [1.54, 1.807) is 0 Å². The number of rotatable bonds is 22. The second kappa shape index (κ2) is 20.1. The largest absolute Gasteiger partial charge is 0.253 e. The third-order valence-electron chi connectivity index (χ3n) is 6.76. The molecule has 1 rings (SSSR count). The second-order valence-corrected chi connectivity index (χ2v) is 9.60. The third kappa shape index (κ3) is 14.3. The van der Waals surface area contributed by atoms with Crippen LogP contribution in [0.25, 0.3) is 0 Å². The van der Waals surface area contributed by atoms with Crippen molar-refractivity contribution in [3.05, 3.63) is 18.2 Å². The van der Waals surface area contributed by atoms with Crippen LogP contribution >= 0.6 is 0 Å². The summed E-state index contributed by atoms with van der Waals surface area (Å²) in [6.07, 6.45) is 33.1. The summed E-state index contributed by atoms with van der Waals surface area (Å²) in [5, 5.41) is 0. The van der Waals surface area contributed by atoms with Gasteiger partial charge in [0, 0.05) is 6.92 Å². The number of hydrogen-bond donors (Lipinski definition) is 0. The average molecular weight is 420 g/mol. The Hall–Kier alpha value is -0.790. The SMILES string of the molecule is CCCCCCCCCCCCCCCCCCn1cc[n+](CCCCCC)c1C. The van der Waals surface area contributed by atoms with Crippen LogP contribution in [-0.4, -0.2) is 4.57 Å². The van der Waals surface area contributed by atoms with Crippen LogP contribution in [0.1, 0.15) is 148 Å². The lowest BCUT2D eigenvalue weighted by Gasteiger charge is -2.04. The summed E-state index contributed by atoms with van der Waals surface area (Å²) in [4.78, 5) is 0. The van der Waals surface area contributed by atoms with Crippen LogP contribution in [0.4, 0.5) is 0 Å². The number of unbranched alkanes of at least 4 members (excludes halogenated alkanes) is 18. The highest BCUT2D eigenvalue weighted by Crippen LogP contribution is 2.14. The van der Waals surface area contributed by atoms with Gasteiger partial charge in [0.05, 0.1) is 13.1 Å². The van der Waals surface area contributed by atoms with E-state index in [1.807, 2.05) is 0 Å². The van der Waals surface area contributed by atoms with Crippen molar-refractivity contribution in [1.82, 2.24) is 4.57 Å². The standard InChI is InChI=1S/C28H55N2/c1-4-6-8-10-11-12-13-14-15-16-17-18-19-20-21-23-25-30-27-26-29(28(30)3)24-22-9-7-5-2/h26-27H,4-25H2,1-3H3/q+1. The van der Waals surface area contributed by atoms with Gasteiger partial charge in [-0.25, -0.2) is 9.13 Å². The van der Waals surface area contributed by atoms with Crippen LogP contribution in [-0.2, 0) is 13.1 Å². The molecule has 0 aliphatic rings. The fraction of sp³-hybridized carbons (Fsp3) is 0.893. The minimum Gasteiger partial charge on any atom is -0.234 e. The average Bonchev–Trinajstić information content (AvgIpc) is 3.10. The van der Waals surface area contributed by atoms with E-state index in [0.29, 0.717) is 0 Å². The normalized spacial score (nSPS) is 11.4. The van der Waals surface area contributed by atoms with Gasteiger partial charge in [0.25, 0.3) is 5.82 Å². The Morgan fingerprint density at radius 1 is 0.567 bits per heavy atom. The van der Waals surface area contributed by atoms with Gasteiger partial charge < -0.3 is 0 Å². The Kier molecular flexibility index (Phi) is 18.3. The predicted molar refractivity (Wildman–Crippen MR) is 133 cm³/mol. The number of nitrogens with zero attached hydrogens (tertiary/aromatic N) is 2. The lowest BCUT2D eigenvalue weighted by Crippen LogP contribution is -2.35. The molecular weight excluding hydrogens is 364 g/mol. The smallest absolute Gasteiger partial charge is 0.234 e. The molecule has 0 aliphatic heterocycles. The molecular formula is C28H55N2+. The van der Waals surface area contributed by atoms with Crippen molar-refractivity contribution in [1.29, 1.82) is 0 Å².